The van der Waals surface area contributed by atoms with E-state index in [1.807, 2.05) is 6.07 Å². The molecule has 1 aromatic carbocycles. The number of hydrogen-bond acceptors (Lipinski definition) is 3. The molecule has 0 aliphatic rings. The van der Waals surface area contributed by atoms with Crippen molar-refractivity contribution in [2.75, 3.05) is 0 Å². The number of aliphatic hydroxyl groups excluding tert-OH is 1. The molecule has 1 aromatic rings. The molecule has 0 aliphatic carbocycles. The number of benzene rings is 1. The molecule has 2 N–H and O–H groups in total. The average molecular weight is 222 g/mol. The molecule has 0 aromatic heterocycles. The van der Waals surface area contributed by atoms with Crippen molar-refractivity contribution in [3.8, 4) is 5.75 Å². The third kappa shape index (κ3) is 4.14. The van der Waals surface area contributed by atoms with Gasteiger partial charge in [-0.05, 0) is 18.6 Å². The van der Waals surface area contributed by atoms with Crippen LogP contribution in [0.15, 0.2) is 42.5 Å². The number of carboxylic acid groups (broad SMARTS) is 1. The van der Waals surface area contributed by atoms with Gasteiger partial charge in [0.25, 0.3) is 0 Å². The minimum absolute atomic E-state index is 0.0655. The van der Waals surface area contributed by atoms with Crippen LogP contribution in [0.5, 0.6) is 5.75 Å². The van der Waals surface area contributed by atoms with Crippen LogP contribution in [0.3, 0.4) is 0 Å². The number of carboxylic acids is 1. The molecule has 1 unspecified atom stereocenters. The van der Waals surface area contributed by atoms with Crippen molar-refractivity contribution in [3.63, 3.8) is 0 Å². The summed E-state index contributed by atoms with van der Waals surface area (Å²) in [5.74, 6) is -0.497. The molecular formula is C12H14O4. The van der Waals surface area contributed by atoms with Gasteiger partial charge in [0, 0.05) is 12.0 Å². The first-order chi connectivity index (χ1) is 7.59. The Labute approximate surface area is 93.8 Å². The summed E-state index contributed by atoms with van der Waals surface area (Å²) >= 11 is 0. The molecule has 0 heterocycles. The van der Waals surface area contributed by atoms with Crippen molar-refractivity contribution in [2.24, 2.45) is 0 Å². The van der Waals surface area contributed by atoms with Crippen LogP contribution in [0, 0.1) is 0 Å². The number of aliphatic carboxylic acids is 1. The summed E-state index contributed by atoms with van der Waals surface area (Å²) in [6.45, 7) is 3.37. The second-order valence-electron chi connectivity index (χ2n) is 3.33. The number of hydrogen-bond donors (Lipinski definition) is 2. The summed E-state index contributed by atoms with van der Waals surface area (Å²) in [6, 6.07) is 8.85. The van der Waals surface area contributed by atoms with E-state index in [0.717, 1.165) is 0 Å². The Hall–Kier alpha value is -1.81. The van der Waals surface area contributed by atoms with Crippen molar-refractivity contribution < 1.29 is 19.7 Å². The number of rotatable bonds is 6. The zero-order valence-corrected chi connectivity index (χ0v) is 8.80. The van der Waals surface area contributed by atoms with Gasteiger partial charge in [0.1, 0.15) is 5.75 Å². The predicted octanol–water partition coefficient (Wildman–Crippen LogP) is 1.80. The fourth-order valence-corrected chi connectivity index (χ4v) is 1.12. The van der Waals surface area contributed by atoms with Crippen molar-refractivity contribution in [3.05, 3.63) is 42.5 Å². The highest BCUT2D eigenvalue weighted by Crippen LogP contribution is 2.13. The van der Waals surface area contributed by atoms with E-state index in [1.54, 1.807) is 24.3 Å². The van der Waals surface area contributed by atoms with Crippen molar-refractivity contribution in [1.82, 2.24) is 0 Å². The number of ether oxygens (including phenoxy) is 1. The van der Waals surface area contributed by atoms with Crippen LogP contribution in [-0.4, -0.2) is 22.5 Å². The van der Waals surface area contributed by atoms with Crippen LogP contribution in [0.4, 0.5) is 0 Å². The topological polar surface area (TPSA) is 66.8 Å². The van der Waals surface area contributed by atoms with Gasteiger partial charge in [0.2, 0.25) is 0 Å². The summed E-state index contributed by atoms with van der Waals surface area (Å²) in [5, 5.41) is 18.0. The van der Waals surface area contributed by atoms with Crippen LogP contribution < -0.4 is 4.74 Å². The van der Waals surface area contributed by atoms with Crippen LogP contribution in [0.1, 0.15) is 12.8 Å². The first-order valence-corrected chi connectivity index (χ1v) is 4.90. The fraction of sp³-hybridized carbons (Fsp3) is 0.250. The summed E-state index contributed by atoms with van der Waals surface area (Å²) in [6.07, 6.45) is -0.609. The summed E-state index contributed by atoms with van der Waals surface area (Å²) in [5.41, 5.74) is 0.0655. The maximum absolute atomic E-state index is 10.4. The molecule has 1 rings (SSSR count). The second-order valence-corrected chi connectivity index (χ2v) is 3.33. The zero-order chi connectivity index (χ0) is 12.0. The van der Waals surface area contributed by atoms with Gasteiger partial charge in [0.15, 0.2) is 6.29 Å². The quantitative estimate of drug-likeness (QED) is 0.569. The predicted molar refractivity (Wildman–Crippen MR) is 59.1 cm³/mol. The Balaban J connectivity index is 2.34. The Morgan fingerprint density at radius 2 is 2.00 bits per heavy atom. The van der Waals surface area contributed by atoms with Gasteiger partial charge in [-0.15, -0.1) is 0 Å². The molecule has 0 spiro atoms. The Bertz CT molecular complexity index is 359. The van der Waals surface area contributed by atoms with Gasteiger partial charge in [-0.2, -0.15) is 0 Å². The minimum atomic E-state index is -1.05. The van der Waals surface area contributed by atoms with Gasteiger partial charge in [0.05, 0.1) is 0 Å². The van der Waals surface area contributed by atoms with Gasteiger partial charge in [-0.3, -0.25) is 0 Å². The van der Waals surface area contributed by atoms with Crippen molar-refractivity contribution >= 4 is 5.97 Å². The smallest absolute Gasteiger partial charge is 0.330 e. The Kier molecular flexibility index (Phi) is 4.54. The third-order valence-electron chi connectivity index (χ3n) is 2.01. The van der Waals surface area contributed by atoms with E-state index in [0.29, 0.717) is 5.75 Å². The largest absolute Gasteiger partial charge is 0.478 e. The Morgan fingerprint density at radius 3 is 2.56 bits per heavy atom. The van der Waals surface area contributed by atoms with Gasteiger partial charge < -0.3 is 14.9 Å². The lowest BCUT2D eigenvalue weighted by atomic mass is 10.1. The molecule has 0 bridgehead atoms. The molecular weight excluding hydrogens is 208 g/mol. The fourth-order valence-electron chi connectivity index (χ4n) is 1.12. The van der Waals surface area contributed by atoms with Crippen molar-refractivity contribution in [1.29, 1.82) is 0 Å². The van der Waals surface area contributed by atoms with E-state index >= 15 is 0 Å². The molecule has 0 amide bonds. The van der Waals surface area contributed by atoms with Crippen LogP contribution in [0.25, 0.3) is 0 Å². The summed E-state index contributed by atoms with van der Waals surface area (Å²) in [4.78, 5) is 10.4. The van der Waals surface area contributed by atoms with Crippen LogP contribution in [-0.2, 0) is 4.79 Å². The Morgan fingerprint density at radius 1 is 1.38 bits per heavy atom. The lowest BCUT2D eigenvalue weighted by Gasteiger charge is -2.13. The molecule has 0 saturated heterocycles. The van der Waals surface area contributed by atoms with E-state index < -0.39 is 12.3 Å². The van der Waals surface area contributed by atoms with E-state index in [2.05, 4.69) is 6.58 Å². The van der Waals surface area contributed by atoms with Gasteiger partial charge in [-0.1, -0.05) is 24.8 Å². The maximum atomic E-state index is 10.4. The third-order valence-corrected chi connectivity index (χ3v) is 2.01. The normalized spacial score (nSPS) is 11.8. The van der Waals surface area contributed by atoms with Crippen LogP contribution in [0.2, 0.25) is 0 Å². The molecule has 0 fully saturated rings. The van der Waals surface area contributed by atoms with E-state index in [1.165, 1.54) is 0 Å². The van der Waals surface area contributed by atoms with E-state index in [4.69, 9.17) is 9.84 Å². The van der Waals surface area contributed by atoms with E-state index in [9.17, 15) is 9.90 Å². The van der Waals surface area contributed by atoms with Gasteiger partial charge >= 0.3 is 5.97 Å². The zero-order valence-electron chi connectivity index (χ0n) is 8.80. The van der Waals surface area contributed by atoms with Crippen molar-refractivity contribution in [2.45, 2.75) is 19.1 Å². The standard InChI is InChI=1S/C12H14O4/c1-9(12(14)15)7-8-11(13)16-10-5-3-2-4-6-10/h2-6,11,13H,1,7-8H2,(H,14,15). The highest BCUT2D eigenvalue weighted by Gasteiger charge is 2.09. The SMILES string of the molecule is C=C(CCC(O)Oc1ccccc1)C(=O)O. The molecule has 0 saturated carbocycles. The highest BCUT2D eigenvalue weighted by atomic mass is 16.6. The monoisotopic (exact) mass is 222 g/mol. The molecule has 86 valence electrons. The molecule has 0 radical (unpaired) electrons. The maximum Gasteiger partial charge on any atom is 0.330 e. The lowest BCUT2D eigenvalue weighted by molar-refractivity contribution is -0.132. The molecule has 4 heteroatoms. The van der Waals surface area contributed by atoms with Crippen LogP contribution >= 0.6 is 0 Å². The second kappa shape index (κ2) is 5.92. The summed E-state index contributed by atoms with van der Waals surface area (Å²) < 4.78 is 5.17. The first-order valence-electron chi connectivity index (χ1n) is 4.90. The molecule has 1 atom stereocenters. The minimum Gasteiger partial charge on any atom is -0.478 e. The van der Waals surface area contributed by atoms with Gasteiger partial charge in [-0.25, -0.2) is 4.79 Å². The van der Waals surface area contributed by atoms with E-state index in [-0.39, 0.29) is 18.4 Å². The number of carbonyl (C=O) groups is 1. The average Bonchev–Trinajstić information content (AvgIpc) is 2.27. The number of aliphatic hydroxyl groups is 1. The molecule has 4 nitrogen and oxygen atoms in total. The molecule has 16 heavy (non-hydrogen) atoms. The first kappa shape index (κ1) is 12.3. The lowest BCUT2D eigenvalue weighted by Crippen LogP contribution is -2.16. The number of para-hydroxylation sites is 1. The summed E-state index contributed by atoms with van der Waals surface area (Å²) in [7, 11) is 0. The highest BCUT2D eigenvalue weighted by molar-refractivity contribution is 5.85. The molecule has 0 aliphatic heterocycles.